The number of benzene rings is 1. The summed E-state index contributed by atoms with van der Waals surface area (Å²) in [5.74, 6) is -0.983. The number of halogens is 1. The summed E-state index contributed by atoms with van der Waals surface area (Å²) in [6.07, 6.45) is 2.88. The molecule has 0 aliphatic rings. The SMILES string of the molecule is CC(Cc1ccccc1F)(NC(=O)O)C(=O)NCCCCCCCNC(N)=O. The van der Waals surface area contributed by atoms with E-state index < -0.39 is 29.4 Å². The average molecular weight is 396 g/mol. The van der Waals surface area contributed by atoms with Gasteiger partial charge in [0.25, 0.3) is 0 Å². The number of primary amides is 1. The average Bonchev–Trinajstić information content (AvgIpc) is 2.61. The maximum Gasteiger partial charge on any atom is 0.405 e. The largest absolute Gasteiger partial charge is 0.465 e. The first kappa shape index (κ1) is 23.2. The molecule has 0 spiro atoms. The van der Waals surface area contributed by atoms with Gasteiger partial charge in [0.05, 0.1) is 0 Å². The molecule has 1 aromatic rings. The van der Waals surface area contributed by atoms with Crippen LogP contribution in [0.5, 0.6) is 0 Å². The van der Waals surface area contributed by atoms with Crippen LogP contribution in [0, 0.1) is 5.82 Å². The Morgan fingerprint density at radius 1 is 1.04 bits per heavy atom. The first-order valence-electron chi connectivity index (χ1n) is 9.31. The Morgan fingerprint density at radius 2 is 1.61 bits per heavy atom. The highest BCUT2D eigenvalue weighted by Gasteiger charge is 2.35. The number of hydrogen-bond acceptors (Lipinski definition) is 3. The first-order valence-corrected chi connectivity index (χ1v) is 9.31. The second-order valence-electron chi connectivity index (χ2n) is 6.85. The number of carbonyl (C=O) groups excluding carboxylic acids is 2. The second kappa shape index (κ2) is 11.8. The summed E-state index contributed by atoms with van der Waals surface area (Å²) >= 11 is 0. The van der Waals surface area contributed by atoms with Gasteiger partial charge in [0.2, 0.25) is 5.91 Å². The number of amides is 4. The van der Waals surface area contributed by atoms with E-state index in [0.717, 1.165) is 32.1 Å². The molecule has 28 heavy (non-hydrogen) atoms. The quantitative estimate of drug-likeness (QED) is 0.346. The van der Waals surface area contributed by atoms with Gasteiger partial charge in [-0.2, -0.15) is 0 Å². The van der Waals surface area contributed by atoms with E-state index in [0.29, 0.717) is 13.1 Å². The van der Waals surface area contributed by atoms with Crippen LogP contribution in [0.15, 0.2) is 24.3 Å². The van der Waals surface area contributed by atoms with Crippen LogP contribution in [-0.4, -0.2) is 41.8 Å². The Bertz CT molecular complexity index is 671. The topological polar surface area (TPSA) is 134 Å². The van der Waals surface area contributed by atoms with Gasteiger partial charge in [-0.3, -0.25) is 4.79 Å². The summed E-state index contributed by atoms with van der Waals surface area (Å²) in [6, 6.07) is 5.43. The van der Waals surface area contributed by atoms with Crippen molar-refractivity contribution in [2.45, 2.75) is 51.0 Å². The summed E-state index contributed by atoms with van der Waals surface area (Å²) in [4.78, 5) is 34.2. The lowest BCUT2D eigenvalue weighted by molar-refractivity contribution is -0.126. The number of nitrogens with two attached hydrogens (primary N) is 1. The third-order valence-corrected chi connectivity index (χ3v) is 4.32. The maximum absolute atomic E-state index is 13.9. The Balaban J connectivity index is 2.43. The van der Waals surface area contributed by atoms with E-state index >= 15 is 0 Å². The number of nitrogens with one attached hydrogen (secondary N) is 3. The molecular formula is C19H29FN4O4. The minimum absolute atomic E-state index is 0.0926. The number of hydrogen-bond donors (Lipinski definition) is 5. The monoisotopic (exact) mass is 396 g/mol. The maximum atomic E-state index is 13.9. The summed E-state index contributed by atoms with van der Waals surface area (Å²) in [5.41, 5.74) is 3.76. The third-order valence-electron chi connectivity index (χ3n) is 4.32. The van der Waals surface area contributed by atoms with Crippen molar-refractivity contribution in [2.24, 2.45) is 5.73 Å². The van der Waals surface area contributed by atoms with Crippen molar-refractivity contribution < 1.29 is 23.9 Å². The third kappa shape index (κ3) is 8.70. The van der Waals surface area contributed by atoms with E-state index in [9.17, 15) is 18.8 Å². The molecule has 0 bridgehead atoms. The molecule has 0 saturated carbocycles. The van der Waals surface area contributed by atoms with E-state index in [2.05, 4.69) is 16.0 Å². The summed E-state index contributed by atoms with van der Waals surface area (Å²) in [7, 11) is 0. The molecule has 1 unspecified atom stereocenters. The van der Waals surface area contributed by atoms with Crippen LogP contribution in [0.3, 0.4) is 0 Å². The Morgan fingerprint density at radius 3 is 2.18 bits per heavy atom. The molecule has 0 aliphatic carbocycles. The van der Waals surface area contributed by atoms with Crippen molar-refractivity contribution in [3.05, 3.63) is 35.6 Å². The summed E-state index contributed by atoms with van der Waals surface area (Å²) in [6.45, 7) is 2.38. The van der Waals surface area contributed by atoms with Gasteiger partial charge in [0, 0.05) is 19.5 Å². The van der Waals surface area contributed by atoms with Crippen molar-refractivity contribution in [2.75, 3.05) is 13.1 Å². The first-order chi connectivity index (χ1) is 13.2. The molecule has 0 radical (unpaired) electrons. The van der Waals surface area contributed by atoms with Gasteiger partial charge >= 0.3 is 12.1 Å². The van der Waals surface area contributed by atoms with Crippen LogP contribution in [0.2, 0.25) is 0 Å². The minimum Gasteiger partial charge on any atom is -0.465 e. The molecule has 0 saturated heterocycles. The number of carboxylic acid groups (broad SMARTS) is 1. The zero-order valence-corrected chi connectivity index (χ0v) is 16.1. The molecule has 9 heteroatoms. The highest BCUT2D eigenvalue weighted by molar-refractivity contribution is 5.89. The number of urea groups is 1. The molecule has 0 fully saturated rings. The fourth-order valence-corrected chi connectivity index (χ4v) is 2.83. The Hall–Kier alpha value is -2.84. The minimum atomic E-state index is -1.48. The highest BCUT2D eigenvalue weighted by Crippen LogP contribution is 2.17. The van der Waals surface area contributed by atoms with Gasteiger partial charge in [-0.25, -0.2) is 14.0 Å². The van der Waals surface area contributed by atoms with E-state index in [1.807, 2.05) is 0 Å². The fraction of sp³-hybridized carbons (Fsp3) is 0.526. The van der Waals surface area contributed by atoms with Crippen LogP contribution < -0.4 is 21.7 Å². The molecule has 4 amide bonds. The van der Waals surface area contributed by atoms with E-state index in [-0.39, 0.29) is 12.0 Å². The molecule has 0 aliphatic heterocycles. The molecule has 1 rings (SSSR count). The number of carbonyl (C=O) groups is 3. The molecule has 156 valence electrons. The summed E-state index contributed by atoms with van der Waals surface area (Å²) in [5, 5.41) is 16.5. The van der Waals surface area contributed by atoms with Gasteiger partial charge in [-0.1, -0.05) is 37.5 Å². The molecule has 0 heterocycles. The molecule has 6 N–H and O–H groups in total. The van der Waals surface area contributed by atoms with E-state index in [4.69, 9.17) is 10.8 Å². The number of unbranched alkanes of at least 4 members (excludes halogenated alkanes) is 4. The number of rotatable bonds is 12. The van der Waals surface area contributed by atoms with E-state index in [1.165, 1.54) is 25.1 Å². The molecular weight excluding hydrogens is 367 g/mol. The zero-order chi connectivity index (χ0) is 21.0. The van der Waals surface area contributed by atoms with Crippen LogP contribution in [0.25, 0.3) is 0 Å². The van der Waals surface area contributed by atoms with Crippen LogP contribution >= 0.6 is 0 Å². The van der Waals surface area contributed by atoms with Crippen molar-refractivity contribution in [1.29, 1.82) is 0 Å². The normalized spacial score (nSPS) is 12.6. The lowest BCUT2D eigenvalue weighted by atomic mass is 9.91. The van der Waals surface area contributed by atoms with Gasteiger partial charge < -0.3 is 26.8 Å². The zero-order valence-electron chi connectivity index (χ0n) is 16.1. The Labute approximate surface area is 164 Å². The molecule has 8 nitrogen and oxygen atoms in total. The van der Waals surface area contributed by atoms with Crippen molar-refractivity contribution in [3.8, 4) is 0 Å². The predicted molar refractivity (Wildman–Crippen MR) is 103 cm³/mol. The van der Waals surface area contributed by atoms with Crippen molar-refractivity contribution in [3.63, 3.8) is 0 Å². The molecule has 1 aromatic carbocycles. The van der Waals surface area contributed by atoms with Crippen LogP contribution in [0.1, 0.15) is 44.6 Å². The van der Waals surface area contributed by atoms with Crippen molar-refractivity contribution >= 4 is 18.0 Å². The predicted octanol–water partition coefficient (Wildman–Crippen LogP) is 2.13. The van der Waals surface area contributed by atoms with E-state index in [1.54, 1.807) is 6.07 Å². The lowest BCUT2D eigenvalue weighted by Gasteiger charge is -2.28. The van der Waals surface area contributed by atoms with Crippen LogP contribution in [-0.2, 0) is 11.2 Å². The van der Waals surface area contributed by atoms with Gasteiger partial charge in [-0.05, 0) is 31.4 Å². The second-order valence-corrected chi connectivity index (χ2v) is 6.85. The smallest absolute Gasteiger partial charge is 0.405 e. The highest BCUT2D eigenvalue weighted by atomic mass is 19.1. The fourth-order valence-electron chi connectivity index (χ4n) is 2.83. The van der Waals surface area contributed by atoms with Crippen molar-refractivity contribution in [1.82, 2.24) is 16.0 Å². The lowest BCUT2D eigenvalue weighted by Crippen LogP contribution is -2.58. The molecule has 1 atom stereocenters. The van der Waals surface area contributed by atoms with Gasteiger partial charge in [0.1, 0.15) is 11.4 Å². The van der Waals surface area contributed by atoms with Crippen LogP contribution in [0.4, 0.5) is 14.0 Å². The van der Waals surface area contributed by atoms with Gasteiger partial charge in [0.15, 0.2) is 0 Å². The molecule has 0 aromatic heterocycles. The summed E-state index contributed by atoms with van der Waals surface area (Å²) < 4.78 is 13.9. The standard InChI is InChI=1S/C19H29FN4O4/c1-19(24-18(27)28,13-14-9-5-6-10-15(14)20)16(25)22-11-7-3-2-4-8-12-23-17(21)26/h5-6,9-10,24H,2-4,7-8,11-13H2,1H3,(H,22,25)(H,27,28)(H3,21,23,26). The van der Waals surface area contributed by atoms with Gasteiger partial charge in [-0.15, -0.1) is 0 Å². The Kier molecular flexibility index (Phi) is 9.76.